The van der Waals surface area contributed by atoms with Crippen LogP contribution in [0.1, 0.15) is 26.2 Å². The monoisotopic (exact) mass is 377 g/mol. The van der Waals surface area contributed by atoms with Gasteiger partial charge >= 0.3 is 0 Å². The molecule has 0 saturated carbocycles. The molecule has 2 rings (SSSR count). The average molecular weight is 378 g/mol. The third-order valence-electron chi connectivity index (χ3n) is 3.20. The van der Waals surface area contributed by atoms with Gasteiger partial charge in [0.1, 0.15) is 5.75 Å². The van der Waals surface area contributed by atoms with Crippen molar-refractivity contribution in [2.45, 2.75) is 37.2 Å². The van der Waals surface area contributed by atoms with Gasteiger partial charge in [-0.05, 0) is 47.3 Å². The van der Waals surface area contributed by atoms with Crippen molar-refractivity contribution < 1.29 is 17.9 Å². The molecule has 0 spiro atoms. The summed E-state index contributed by atoms with van der Waals surface area (Å²) in [6, 6.07) is 4.78. The SMILES string of the molecule is CCCOc1cc(S(=O)(=O)NCC2CCCO2)ccc1Br. The molecule has 21 heavy (non-hydrogen) atoms. The van der Waals surface area contributed by atoms with E-state index in [1.807, 2.05) is 6.92 Å². The number of benzene rings is 1. The molecule has 1 atom stereocenters. The van der Waals surface area contributed by atoms with Crippen molar-refractivity contribution in [2.24, 2.45) is 0 Å². The van der Waals surface area contributed by atoms with E-state index in [9.17, 15) is 8.42 Å². The number of sulfonamides is 1. The topological polar surface area (TPSA) is 64.6 Å². The van der Waals surface area contributed by atoms with Gasteiger partial charge in [-0.15, -0.1) is 0 Å². The standard InChI is InChI=1S/C14H20BrNO4S/c1-2-7-20-14-9-12(5-6-13(14)15)21(17,18)16-10-11-4-3-8-19-11/h5-6,9,11,16H,2-4,7-8,10H2,1H3. The van der Waals surface area contributed by atoms with Gasteiger partial charge in [-0.25, -0.2) is 13.1 Å². The van der Waals surface area contributed by atoms with Gasteiger partial charge in [0, 0.05) is 19.2 Å². The number of hydrogen-bond donors (Lipinski definition) is 1. The minimum Gasteiger partial charge on any atom is -0.492 e. The van der Waals surface area contributed by atoms with E-state index in [2.05, 4.69) is 20.7 Å². The van der Waals surface area contributed by atoms with Crippen LogP contribution in [0.5, 0.6) is 5.75 Å². The molecule has 0 amide bonds. The van der Waals surface area contributed by atoms with Crippen molar-refractivity contribution in [3.8, 4) is 5.75 Å². The molecule has 0 bridgehead atoms. The quantitative estimate of drug-likeness (QED) is 0.793. The average Bonchev–Trinajstić information content (AvgIpc) is 2.97. The molecule has 0 radical (unpaired) electrons. The van der Waals surface area contributed by atoms with E-state index in [1.54, 1.807) is 12.1 Å². The number of hydrogen-bond acceptors (Lipinski definition) is 4. The van der Waals surface area contributed by atoms with Gasteiger partial charge in [0.25, 0.3) is 0 Å². The molecule has 1 fully saturated rings. The zero-order chi connectivity index (χ0) is 15.3. The molecule has 118 valence electrons. The van der Waals surface area contributed by atoms with Crippen LogP contribution in [-0.4, -0.2) is 34.3 Å². The fourth-order valence-corrected chi connectivity index (χ4v) is 3.51. The Morgan fingerprint density at radius 1 is 1.48 bits per heavy atom. The highest BCUT2D eigenvalue weighted by molar-refractivity contribution is 9.10. The Morgan fingerprint density at radius 2 is 2.29 bits per heavy atom. The van der Waals surface area contributed by atoms with Gasteiger partial charge < -0.3 is 9.47 Å². The summed E-state index contributed by atoms with van der Waals surface area (Å²) in [5.41, 5.74) is 0. The van der Waals surface area contributed by atoms with Crippen molar-refractivity contribution >= 4 is 26.0 Å². The Bertz CT molecular complexity index is 570. The molecule has 0 aliphatic carbocycles. The molecule has 1 unspecified atom stereocenters. The summed E-state index contributed by atoms with van der Waals surface area (Å²) in [5, 5.41) is 0. The minimum absolute atomic E-state index is 0.0222. The number of nitrogens with one attached hydrogen (secondary N) is 1. The molecule has 1 aromatic rings. The molecule has 1 N–H and O–H groups in total. The summed E-state index contributed by atoms with van der Waals surface area (Å²) in [7, 11) is -3.54. The van der Waals surface area contributed by atoms with Crippen molar-refractivity contribution in [1.82, 2.24) is 4.72 Å². The Balaban J connectivity index is 2.07. The molecular formula is C14H20BrNO4S. The molecule has 1 saturated heterocycles. The van der Waals surface area contributed by atoms with Crippen molar-refractivity contribution in [2.75, 3.05) is 19.8 Å². The molecule has 7 heteroatoms. The molecular weight excluding hydrogens is 358 g/mol. The first-order valence-electron chi connectivity index (χ1n) is 7.06. The number of rotatable bonds is 7. The summed E-state index contributed by atoms with van der Waals surface area (Å²) in [5.74, 6) is 0.539. The van der Waals surface area contributed by atoms with Crippen LogP contribution in [-0.2, 0) is 14.8 Å². The lowest BCUT2D eigenvalue weighted by molar-refractivity contribution is 0.114. The van der Waals surface area contributed by atoms with Crippen LogP contribution in [0, 0.1) is 0 Å². The second-order valence-electron chi connectivity index (χ2n) is 4.93. The maximum absolute atomic E-state index is 12.3. The predicted octanol–water partition coefficient (Wildman–Crippen LogP) is 2.70. The first-order chi connectivity index (χ1) is 10.0. The second-order valence-corrected chi connectivity index (χ2v) is 7.55. The van der Waals surface area contributed by atoms with Gasteiger partial charge in [0.15, 0.2) is 0 Å². The molecule has 1 aromatic carbocycles. The van der Waals surface area contributed by atoms with Crippen LogP contribution >= 0.6 is 15.9 Å². The van der Waals surface area contributed by atoms with Gasteiger partial charge in [-0.1, -0.05) is 6.92 Å². The van der Waals surface area contributed by atoms with E-state index in [1.165, 1.54) is 6.07 Å². The van der Waals surface area contributed by atoms with E-state index in [4.69, 9.17) is 9.47 Å². The van der Waals surface area contributed by atoms with Crippen LogP contribution in [0.25, 0.3) is 0 Å². The van der Waals surface area contributed by atoms with Crippen LogP contribution in [0.2, 0.25) is 0 Å². The lowest BCUT2D eigenvalue weighted by Crippen LogP contribution is -2.31. The fraction of sp³-hybridized carbons (Fsp3) is 0.571. The highest BCUT2D eigenvalue weighted by Gasteiger charge is 2.21. The zero-order valence-electron chi connectivity index (χ0n) is 12.0. The Labute approximate surface area is 134 Å². The van der Waals surface area contributed by atoms with E-state index >= 15 is 0 Å². The van der Waals surface area contributed by atoms with Crippen LogP contribution in [0.4, 0.5) is 0 Å². The van der Waals surface area contributed by atoms with Gasteiger partial charge in [-0.3, -0.25) is 0 Å². The van der Waals surface area contributed by atoms with Crippen LogP contribution < -0.4 is 9.46 Å². The van der Waals surface area contributed by atoms with Crippen LogP contribution in [0.3, 0.4) is 0 Å². The summed E-state index contributed by atoms with van der Waals surface area (Å²) in [4.78, 5) is 0.204. The van der Waals surface area contributed by atoms with Crippen LogP contribution in [0.15, 0.2) is 27.6 Å². The Kier molecular flexibility index (Phi) is 6.04. The highest BCUT2D eigenvalue weighted by atomic mass is 79.9. The minimum atomic E-state index is -3.54. The highest BCUT2D eigenvalue weighted by Crippen LogP contribution is 2.28. The summed E-state index contributed by atoms with van der Waals surface area (Å²) < 4.78 is 38.9. The Hall–Kier alpha value is -0.630. The molecule has 0 aromatic heterocycles. The van der Waals surface area contributed by atoms with Crippen molar-refractivity contribution in [1.29, 1.82) is 0 Å². The van der Waals surface area contributed by atoms with E-state index < -0.39 is 10.0 Å². The van der Waals surface area contributed by atoms with Gasteiger partial charge in [-0.2, -0.15) is 0 Å². The smallest absolute Gasteiger partial charge is 0.240 e. The molecule has 1 heterocycles. The number of ether oxygens (including phenoxy) is 2. The Morgan fingerprint density at radius 3 is 2.95 bits per heavy atom. The predicted molar refractivity (Wildman–Crippen MR) is 84.1 cm³/mol. The zero-order valence-corrected chi connectivity index (χ0v) is 14.4. The van der Waals surface area contributed by atoms with Gasteiger partial charge in [0.2, 0.25) is 10.0 Å². The van der Waals surface area contributed by atoms with E-state index in [-0.39, 0.29) is 11.0 Å². The third kappa shape index (κ3) is 4.67. The normalized spacial score (nSPS) is 18.9. The maximum atomic E-state index is 12.3. The summed E-state index contributed by atoms with van der Waals surface area (Å²) >= 11 is 3.36. The lowest BCUT2D eigenvalue weighted by atomic mass is 10.2. The summed E-state index contributed by atoms with van der Waals surface area (Å²) in [6.45, 7) is 3.56. The maximum Gasteiger partial charge on any atom is 0.240 e. The molecule has 5 nitrogen and oxygen atoms in total. The first-order valence-corrected chi connectivity index (χ1v) is 9.34. The largest absolute Gasteiger partial charge is 0.492 e. The van der Waals surface area contributed by atoms with Crippen molar-refractivity contribution in [3.63, 3.8) is 0 Å². The van der Waals surface area contributed by atoms with E-state index in [0.29, 0.717) is 25.5 Å². The summed E-state index contributed by atoms with van der Waals surface area (Å²) in [6.07, 6.45) is 2.72. The lowest BCUT2D eigenvalue weighted by Gasteiger charge is -2.13. The molecule has 1 aliphatic rings. The molecule has 1 aliphatic heterocycles. The fourth-order valence-electron chi connectivity index (χ4n) is 2.06. The first kappa shape index (κ1) is 16.7. The van der Waals surface area contributed by atoms with E-state index in [0.717, 1.165) is 23.7 Å². The second kappa shape index (κ2) is 7.58. The number of halogens is 1. The third-order valence-corrected chi connectivity index (χ3v) is 5.28. The van der Waals surface area contributed by atoms with Gasteiger partial charge in [0.05, 0.1) is 22.1 Å². The van der Waals surface area contributed by atoms with Crippen molar-refractivity contribution in [3.05, 3.63) is 22.7 Å².